The van der Waals surface area contributed by atoms with Crippen LogP contribution in [0.3, 0.4) is 0 Å². The van der Waals surface area contributed by atoms with Gasteiger partial charge in [0.15, 0.2) is 5.78 Å². The van der Waals surface area contributed by atoms with E-state index in [1.807, 2.05) is 42.5 Å². The third kappa shape index (κ3) is 3.53. The van der Waals surface area contributed by atoms with Gasteiger partial charge in [0.05, 0.1) is 0 Å². The van der Waals surface area contributed by atoms with Crippen LogP contribution in [0.4, 0.5) is 0 Å². The normalized spacial score (nSPS) is 16.4. The average Bonchev–Trinajstić information content (AvgIpc) is 2.89. The molecule has 0 N–H and O–H groups in total. The van der Waals surface area contributed by atoms with Crippen molar-refractivity contribution in [3.63, 3.8) is 0 Å². The summed E-state index contributed by atoms with van der Waals surface area (Å²) in [7, 11) is 0. The van der Waals surface area contributed by atoms with Gasteiger partial charge in [-0.2, -0.15) is 0 Å². The third-order valence-electron chi connectivity index (χ3n) is 3.48. The van der Waals surface area contributed by atoms with Gasteiger partial charge in [-0.3, -0.25) is 4.79 Å². The number of carbonyl (C=O) groups excluding carboxylic acids is 1. The van der Waals surface area contributed by atoms with E-state index in [9.17, 15) is 4.79 Å². The van der Waals surface area contributed by atoms with Crippen LogP contribution in [0, 0.1) is 0 Å². The molecule has 3 heteroatoms. The Kier molecular flexibility index (Phi) is 4.07. The van der Waals surface area contributed by atoms with Gasteiger partial charge in [-0.25, -0.2) is 0 Å². The van der Waals surface area contributed by atoms with E-state index in [4.69, 9.17) is 16.3 Å². The van der Waals surface area contributed by atoms with Gasteiger partial charge in [0.1, 0.15) is 11.5 Å². The smallest absolute Gasteiger partial charge is 0.158 e. The molecule has 2 aromatic carbocycles. The Morgan fingerprint density at radius 2 is 1.52 bits per heavy atom. The van der Waals surface area contributed by atoms with Crippen molar-refractivity contribution in [3.8, 4) is 11.5 Å². The van der Waals surface area contributed by atoms with Crippen LogP contribution in [0.2, 0.25) is 5.02 Å². The van der Waals surface area contributed by atoms with Crippen molar-refractivity contribution in [1.29, 1.82) is 0 Å². The molecule has 0 bridgehead atoms. The van der Waals surface area contributed by atoms with E-state index < -0.39 is 0 Å². The van der Waals surface area contributed by atoms with Crippen LogP contribution in [-0.4, -0.2) is 5.78 Å². The Hall–Kier alpha value is -2.06. The molecule has 0 spiro atoms. The highest BCUT2D eigenvalue weighted by Crippen LogP contribution is 2.26. The third-order valence-corrected chi connectivity index (χ3v) is 3.73. The van der Waals surface area contributed by atoms with E-state index in [2.05, 4.69) is 0 Å². The number of allylic oxidation sites excluding steroid dienone is 1. The quantitative estimate of drug-likeness (QED) is 0.722. The molecular weight excluding hydrogens is 284 g/mol. The van der Waals surface area contributed by atoms with E-state index in [1.54, 1.807) is 12.1 Å². The van der Waals surface area contributed by atoms with Gasteiger partial charge in [-0.15, -0.1) is 0 Å². The van der Waals surface area contributed by atoms with E-state index in [0.717, 1.165) is 35.5 Å². The largest absolute Gasteiger partial charge is 0.457 e. The van der Waals surface area contributed by atoms with Crippen LogP contribution in [-0.2, 0) is 4.79 Å². The number of ether oxygens (including phenoxy) is 1. The molecule has 0 radical (unpaired) electrons. The molecule has 0 unspecified atom stereocenters. The van der Waals surface area contributed by atoms with Crippen LogP contribution in [0.5, 0.6) is 11.5 Å². The van der Waals surface area contributed by atoms with Crippen LogP contribution in [0.25, 0.3) is 6.08 Å². The van der Waals surface area contributed by atoms with Gasteiger partial charge in [-0.1, -0.05) is 23.7 Å². The molecule has 21 heavy (non-hydrogen) atoms. The summed E-state index contributed by atoms with van der Waals surface area (Å²) in [6.07, 6.45) is 4.52. The molecule has 0 heterocycles. The average molecular weight is 299 g/mol. The number of ketones is 1. The predicted octanol–water partition coefficient (Wildman–Crippen LogP) is 5.27. The Balaban J connectivity index is 1.72. The Bertz CT molecular complexity index is 669. The summed E-state index contributed by atoms with van der Waals surface area (Å²) in [6.45, 7) is 0. The summed E-state index contributed by atoms with van der Waals surface area (Å²) in [5.41, 5.74) is 1.96. The summed E-state index contributed by atoms with van der Waals surface area (Å²) in [5, 5.41) is 0.686. The van der Waals surface area contributed by atoms with Crippen molar-refractivity contribution in [1.82, 2.24) is 0 Å². The van der Waals surface area contributed by atoms with Crippen molar-refractivity contribution < 1.29 is 9.53 Å². The fraction of sp³-hybridized carbons (Fsp3) is 0.167. The molecule has 1 aliphatic rings. The Morgan fingerprint density at radius 1 is 0.905 bits per heavy atom. The second-order valence-corrected chi connectivity index (χ2v) is 5.51. The van der Waals surface area contributed by atoms with Crippen molar-refractivity contribution in [3.05, 3.63) is 64.7 Å². The van der Waals surface area contributed by atoms with Gasteiger partial charge < -0.3 is 4.74 Å². The first kappa shape index (κ1) is 13.9. The first-order valence-electron chi connectivity index (χ1n) is 6.98. The highest BCUT2D eigenvalue weighted by atomic mass is 35.5. The van der Waals surface area contributed by atoms with Gasteiger partial charge in [0, 0.05) is 11.4 Å². The molecule has 2 nitrogen and oxygen atoms in total. The molecule has 0 amide bonds. The fourth-order valence-corrected chi connectivity index (χ4v) is 2.49. The number of hydrogen-bond acceptors (Lipinski definition) is 2. The highest BCUT2D eigenvalue weighted by molar-refractivity contribution is 6.30. The minimum absolute atomic E-state index is 0.275. The van der Waals surface area contributed by atoms with Crippen LogP contribution < -0.4 is 4.74 Å². The predicted molar refractivity (Wildman–Crippen MR) is 84.8 cm³/mol. The van der Waals surface area contributed by atoms with Gasteiger partial charge in [-0.05, 0) is 66.5 Å². The second kappa shape index (κ2) is 6.15. The first-order valence-corrected chi connectivity index (χ1v) is 7.36. The zero-order valence-electron chi connectivity index (χ0n) is 11.5. The maximum Gasteiger partial charge on any atom is 0.158 e. The van der Waals surface area contributed by atoms with Crippen LogP contribution in [0.1, 0.15) is 24.8 Å². The molecule has 0 aromatic heterocycles. The molecule has 3 rings (SSSR count). The van der Waals surface area contributed by atoms with E-state index in [-0.39, 0.29) is 5.78 Å². The monoisotopic (exact) mass is 298 g/mol. The van der Waals surface area contributed by atoms with Gasteiger partial charge in [0.2, 0.25) is 0 Å². The lowest BCUT2D eigenvalue weighted by Crippen LogP contribution is -1.91. The maximum absolute atomic E-state index is 11.6. The Labute approximate surface area is 129 Å². The summed E-state index contributed by atoms with van der Waals surface area (Å²) in [5.74, 6) is 1.78. The molecule has 0 saturated heterocycles. The fourth-order valence-electron chi connectivity index (χ4n) is 2.36. The summed E-state index contributed by atoms with van der Waals surface area (Å²) >= 11 is 5.84. The van der Waals surface area contributed by atoms with Crippen molar-refractivity contribution >= 4 is 23.5 Å². The molecule has 0 atom stereocenters. The maximum atomic E-state index is 11.6. The van der Waals surface area contributed by atoms with Crippen LogP contribution in [0.15, 0.2) is 54.1 Å². The van der Waals surface area contributed by atoms with Crippen molar-refractivity contribution in [2.45, 2.75) is 19.3 Å². The molecule has 1 aliphatic carbocycles. The molecule has 106 valence electrons. The van der Waals surface area contributed by atoms with E-state index in [0.29, 0.717) is 11.4 Å². The lowest BCUT2D eigenvalue weighted by atomic mass is 10.1. The lowest BCUT2D eigenvalue weighted by molar-refractivity contribution is -0.114. The van der Waals surface area contributed by atoms with Crippen molar-refractivity contribution in [2.24, 2.45) is 0 Å². The minimum atomic E-state index is 0.275. The number of carbonyl (C=O) groups is 1. The number of benzene rings is 2. The number of hydrogen-bond donors (Lipinski definition) is 0. The standard InChI is InChI=1S/C18H15ClO2/c19-15-6-10-17(11-7-15)21-16-8-4-13(5-9-16)12-14-2-1-3-18(14)20/h4-12H,1-3H2. The minimum Gasteiger partial charge on any atom is -0.457 e. The first-order chi connectivity index (χ1) is 10.2. The van der Waals surface area contributed by atoms with Crippen LogP contribution >= 0.6 is 11.6 Å². The lowest BCUT2D eigenvalue weighted by Gasteiger charge is -2.06. The summed E-state index contributed by atoms with van der Waals surface area (Å²) in [4.78, 5) is 11.6. The van der Waals surface area contributed by atoms with Gasteiger partial charge >= 0.3 is 0 Å². The van der Waals surface area contributed by atoms with Crippen molar-refractivity contribution in [2.75, 3.05) is 0 Å². The Morgan fingerprint density at radius 3 is 2.10 bits per heavy atom. The molecule has 2 aromatic rings. The van der Waals surface area contributed by atoms with E-state index in [1.165, 1.54) is 0 Å². The number of halogens is 1. The number of Topliss-reactive ketones (excluding diaryl/α,β-unsaturated/α-hetero) is 1. The van der Waals surface area contributed by atoms with E-state index >= 15 is 0 Å². The summed E-state index contributed by atoms with van der Waals surface area (Å²) in [6, 6.07) is 15.0. The molecular formula is C18H15ClO2. The topological polar surface area (TPSA) is 26.3 Å². The SMILES string of the molecule is O=C1CCCC1=Cc1ccc(Oc2ccc(Cl)cc2)cc1. The zero-order valence-corrected chi connectivity index (χ0v) is 12.3. The molecule has 1 fully saturated rings. The highest BCUT2D eigenvalue weighted by Gasteiger charge is 2.16. The second-order valence-electron chi connectivity index (χ2n) is 5.07. The zero-order chi connectivity index (χ0) is 14.7. The summed E-state index contributed by atoms with van der Waals surface area (Å²) < 4.78 is 5.73. The molecule has 0 aliphatic heterocycles. The van der Waals surface area contributed by atoms with Gasteiger partial charge in [0.25, 0.3) is 0 Å². The number of rotatable bonds is 3. The molecule has 1 saturated carbocycles.